The van der Waals surface area contributed by atoms with E-state index in [1.807, 2.05) is 6.92 Å². The fourth-order valence-electron chi connectivity index (χ4n) is 5.55. The summed E-state index contributed by atoms with van der Waals surface area (Å²) in [6, 6.07) is 3.82. The number of hydrazone groups is 1. The molecule has 4 aromatic heterocycles. The number of ketones is 1. The summed E-state index contributed by atoms with van der Waals surface area (Å²) < 4.78 is 1.90. The molecule has 1 aliphatic rings. The van der Waals surface area contributed by atoms with E-state index < -0.39 is 23.9 Å². The molecule has 4 N–H and O–H groups in total. The molecule has 0 aromatic carbocycles. The maximum Gasteiger partial charge on any atom is 0.248 e. The van der Waals surface area contributed by atoms with Crippen LogP contribution in [-0.2, 0) is 22.6 Å². The Kier molecular flexibility index (Phi) is 9.36. The molecule has 1 fully saturated rings. The van der Waals surface area contributed by atoms with Crippen LogP contribution in [0.5, 0.6) is 0 Å². The van der Waals surface area contributed by atoms with Crippen LogP contribution in [0.25, 0.3) is 22.2 Å². The van der Waals surface area contributed by atoms with Crippen molar-refractivity contribution in [3.8, 4) is 11.3 Å². The van der Waals surface area contributed by atoms with Crippen molar-refractivity contribution in [1.29, 1.82) is 5.53 Å². The molecule has 5 rings (SSSR count). The van der Waals surface area contributed by atoms with Crippen molar-refractivity contribution in [2.45, 2.75) is 52.2 Å². The number of fused-ring (bicyclic) bond motifs is 1. The highest BCUT2D eigenvalue weighted by Gasteiger charge is 2.44. The number of aromatic nitrogens is 6. The molecule has 0 unspecified atom stereocenters. The molecule has 15 nitrogen and oxygen atoms in total. The number of nitrogens with one attached hydrogen (secondary N) is 2. The molecule has 5 heterocycles. The molecule has 46 heavy (non-hydrogen) atoms. The highest BCUT2D eigenvalue weighted by Crippen LogP contribution is 2.33. The average Bonchev–Trinajstić information content (AvgIpc) is 3.58. The van der Waals surface area contributed by atoms with Crippen LogP contribution in [-0.4, -0.2) is 70.1 Å². The molecule has 0 saturated carbocycles. The monoisotopic (exact) mass is 686 g/mol. The first-order valence-electron chi connectivity index (χ1n) is 14.2. The third kappa shape index (κ3) is 6.42. The SMILES string of the molecule is C=C[C@@H]1[C@@H](C)C[C@@H](C(=O)Nc2nc(Br)ccc2C/C(N=N)=N/N)N1C(=O)Cn1nc(C(C)=O)c2cc(-c3cnc(C)nc3)ncc21. The van der Waals surface area contributed by atoms with Crippen LogP contribution in [0.15, 0.2) is 64.3 Å². The minimum atomic E-state index is -0.858. The Labute approximate surface area is 272 Å². The quantitative estimate of drug-likeness (QED) is 0.0341. The molecule has 236 valence electrons. The van der Waals surface area contributed by atoms with E-state index in [-0.39, 0.29) is 42.0 Å². The highest BCUT2D eigenvalue weighted by molar-refractivity contribution is 9.10. The fraction of sp³-hybridized carbons (Fsp3) is 0.300. The van der Waals surface area contributed by atoms with Crippen LogP contribution >= 0.6 is 15.9 Å². The van der Waals surface area contributed by atoms with Gasteiger partial charge in [-0.05, 0) is 47.3 Å². The molecule has 0 bridgehead atoms. The van der Waals surface area contributed by atoms with Crippen molar-refractivity contribution in [2.75, 3.05) is 5.32 Å². The Balaban J connectivity index is 1.45. The number of amides is 2. The van der Waals surface area contributed by atoms with Gasteiger partial charge in [0, 0.05) is 42.3 Å². The number of hydrogen-bond donors (Lipinski definition) is 3. The lowest BCUT2D eigenvalue weighted by molar-refractivity contribution is -0.138. The minimum absolute atomic E-state index is 0.0443. The topological polar surface area (TPSA) is 210 Å². The van der Waals surface area contributed by atoms with Gasteiger partial charge < -0.3 is 16.1 Å². The zero-order chi connectivity index (χ0) is 33.1. The number of likely N-dealkylation sites (tertiary alicyclic amines) is 1. The zero-order valence-corrected chi connectivity index (χ0v) is 26.9. The van der Waals surface area contributed by atoms with Crippen LogP contribution < -0.4 is 11.2 Å². The predicted octanol–water partition coefficient (Wildman–Crippen LogP) is 3.83. The van der Waals surface area contributed by atoms with Crippen molar-refractivity contribution in [2.24, 2.45) is 22.0 Å². The molecular formula is C30H31BrN12O3. The van der Waals surface area contributed by atoms with Crippen LogP contribution in [0.3, 0.4) is 0 Å². The molecule has 0 aliphatic carbocycles. The minimum Gasteiger partial charge on any atom is -0.322 e. The largest absolute Gasteiger partial charge is 0.322 e. The van der Waals surface area contributed by atoms with E-state index in [2.05, 4.69) is 63.1 Å². The van der Waals surface area contributed by atoms with Crippen molar-refractivity contribution in [1.82, 2.24) is 34.6 Å². The number of carbonyl (C=O) groups excluding carboxylic acids is 3. The normalized spacial score (nSPS) is 18.0. The van der Waals surface area contributed by atoms with Gasteiger partial charge in [0.05, 0.1) is 23.4 Å². The number of amidine groups is 1. The van der Waals surface area contributed by atoms with E-state index in [1.54, 1.807) is 49.8 Å². The summed E-state index contributed by atoms with van der Waals surface area (Å²) in [5.74, 6) is 5.02. The van der Waals surface area contributed by atoms with Crippen molar-refractivity contribution < 1.29 is 14.4 Å². The molecule has 4 aromatic rings. The maximum atomic E-state index is 14.0. The van der Waals surface area contributed by atoms with Crippen molar-refractivity contribution >= 4 is 56.1 Å². The first-order valence-corrected chi connectivity index (χ1v) is 15.0. The third-order valence-corrected chi connectivity index (χ3v) is 8.25. The smallest absolute Gasteiger partial charge is 0.248 e. The summed E-state index contributed by atoms with van der Waals surface area (Å²) in [7, 11) is 0. The van der Waals surface area contributed by atoms with Crippen molar-refractivity contribution in [3.63, 3.8) is 0 Å². The lowest BCUT2D eigenvalue weighted by atomic mass is 10.0. The number of nitrogens with two attached hydrogens (primary N) is 1. The number of pyridine rings is 2. The number of aryl methyl sites for hydroxylation is 1. The summed E-state index contributed by atoms with van der Waals surface area (Å²) in [5.41, 5.74) is 9.71. The van der Waals surface area contributed by atoms with Crippen molar-refractivity contribution in [3.05, 3.63) is 71.1 Å². The summed E-state index contributed by atoms with van der Waals surface area (Å²) >= 11 is 3.32. The maximum absolute atomic E-state index is 14.0. The summed E-state index contributed by atoms with van der Waals surface area (Å²) in [6.45, 7) is 8.81. The second kappa shape index (κ2) is 13.4. The molecule has 0 spiro atoms. The van der Waals surface area contributed by atoms with Crippen LogP contribution in [0.4, 0.5) is 5.82 Å². The lowest BCUT2D eigenvalue weighted by Gasteiger charge is -2.29. The fourth-order valence-corrected chi connectivity index (χ4v) is 5.86. The molecule has 0 radical (unpaired) electrons. The predicted molar refractivity (Wildman–Crippen MR) is 173 cm³/mol. The molecule has 1 aliphatic heterocycles. The molecular weight excluding hydrogens is 656 g/mol. The Hall–Kier alpha value is -5.25. The van der Waals surface area contributed by atoms with E-state index in [9.17, 15) is 14.4 Å². The lowest BCUT2D eigenvalue weighted by Crippen LogP contribution is -2.48. The summed E-state index contributed by atoms with van der Waals surface area (Å²) in [6.07, 6.45) is 6.94. The Morgan fingerprint density at radius 2 is 1.96 bits per heavy atom. The van der Waals surface area contributed by atoms with E-state index in [4.69, 9.17) is 11.4 Å². The zero-order valence-electron chi connectivity index (χ0n) is 25.3. The number of halogens is 1. The molecule has 16 heteroatoms. The second-order valence-corrected chi connectivity index (χ2v) is 11.7. The first-order chi connectivity index (χ1) is 22.0. The van der Waals surface area contributed by atoms with Gasteiger partial charge in [-0.2, -0.15) is 10.2 Å². The molecule has 2 amide bonds. The number of carbonyl (C=O) groups is 3. The van der Waals surface area contributed by atoms with Gasteiger partial charge in [-0.3, -0.25) is 24.0 Å². The van der Waals surface area contributed by atoms with Gasteiger partial charge in [0.2, 0.25) is 11.8 Å². The van der Waals surface area contributed by atoms with Gasteiger partial charge in [-0.1, -0.05) is 19.1 Å². The van der Waals surface area contributed by atoms with Crippen LogP contribution in [0, 0.1) is 18.4 Å². The number of Topliss-reactive ketones (excluding diaryl/α,β-unsaturated/α-hetero) is 1. The second-order valence-electron chi connectivity index (χ2n) is 10.9. The number of hydrogen-bond acceptors (Lipinski definition) is 11. The highest BCUT2D eigenvalue weighted by atomic mass is 79.9. The Bertz CT molecular complexity index is 1890. The van der Waals surface area contributed by atoms with Gasteiger partial charge in [0.1, 0.15) is 34.5 Å². The Morgan fingerprint density at radius 1 is 1.22 bits per heavy atom. The van der Waals surface area contributed by atoms with Gasteiger partial charge >= 0.3 is 0 Å². The van der Waals surface area contributed by atoms with E-state index in [0.29, 0.717) is 44.6 Å². The van der Waals surface area contributed by atoms with Crippen LogP contribution in [0.2, 0.25) is 0 Å². The number of anilines is 1. The number of rotatable bonds is 9. The van der Waals surface area contributed by atoms with Gasteiger partial charge in [-0.25, -0.2) is 20.5 Å². The summed E-state index contributed by atoms with van der Waals surface area (Å²) in [4.78, 5) is 59.3. The molecule has 1 saturated heterocycles. The van der Waals surface area contributed by atoms with E-state index in [1.165, 1.54) is 16.5 Å². The average molecular weight is 688 g/mol. The van der Waals surface area contributed by atoms with Gasteiger partial charge in [-0.15, -0.1) is 11.7 Å². The van der Waals surface area contributed by atoms with Gasteiger partial charge in [0.15, 0.2) is 11.6 Å². The van der Waals surface area contributed by atoms with Gasteiger partial charge in [0.25, 0.3) is 0 Å². The van der Waals surface area contributed by atoms with E-state index >= 15 is 0 Å². The molecule has 3 atom stereocenters. The van der Waals surface area contributed by atoms with Crippen LogP contribution in [0.1, 0.15) is 42.1 Å². The standard InChI is InChI=1S/C30H31BrN12O3/c1-5-22-15(2)8-23(30(46)38-29-18(6-7-25(31)37-29)9-26(39-32)40-33)43(22)27(45)14-42-24-13-36-21(19-11-34-17(4)35-12-19)10-20(24)28(41-42)16(3)44/h5-7,10-13,15,22-23,32H,1,8-9,14,33H2,2-4H3,(H,37,38,46)/b39-32?,40-26-/t15-,22+,23-/m0/s1. The first kappa shape index (κ1) is 32.2. The third-order valence-electron chi connectivity index (χ3n) is 7.81. The van der Waals surface area contributed by atoms with E-state index in [0.717, 1.165) is 0 Å². The number of nitrogens with zero attached hydrogens (tertiary/aromatic N) is 9. The Morgan fingerprint density at radius 3 is 2.61 bits per heavy atom. The summed E-state index contributed by atoms with van der Waals surface area (Å²) in [5, 5.41) is 14.7.